The summed E-state index contributed by atoms with van der Waals surface area (Å²) < 4.78 is 22.4. The largest absolute Gasteiger partial charge is 0.261 e. The first-order chi connectivity index (χ1) is 7.48. The molecular weight excluding hydrogens is 287 g/mol. The van der Waals surface area contributed by atoms with Gasteiger partial charge in [0, 0.05) is 26.1 Å². The van der Waals surface area contributed by atoms with Gasteiger partial charge in [0.1, 0.15) is 0 Å². The molecule has 0 radical (unpaired) electrons. The minimum Gasteiger partial charge on any atom is -0.207 e. The van der Waals surface area contributed by atoms with Gasteiger partial charge in [0.25, 0.3) is 9.05 Å². The van der Waals surface area contributed by atoms with E-state index >= 15 is 0 Å². The predicted octanol–water partition coefficient (Wildman–Crippen LogP) is 4.00. The molecule has 0 bridgehead atoms. The molecule has 0 saturated carbocycles. The van der Waals surface area contributed by atoms with E-state index in [1.165, 1.54) is 29.5 Å². The maximum Gasteiger partial charge on any atom is 0.261 e. The van der Waals surface area contributed by atoms with Crippen LogP contribution in [0.2, 0.25) is 5.02 Å². The SMILES string of the molecule is O=S(=O)(Cl)c1ccc(Cl)c(-c2cccs2)c1. The van der Waals surface area contributed by atoms with Crippen LogP contribution in [0.15, 0.2) is 40.6 Å². The minimum atomic E-state index is -3.71. The van der Waals surface area contributed by atoms with Crippen molar-refractivity contribution in [2.45, 2.75) is 4.90 Å². The third-order valence-electron chi connectivity index (χ3n) is 2.01. The molecule has 0 spiro atoms. The van der Waals surface area contributed by atoms with Gasteiger partial charge in [-0.3, -0.25) is 0 Å². The van der Waals surface area contributed by atoms with Crippen LogP contribution in [0.1, 0.15) is 0 Å². The van der Waals surface area contributed by atoms with Gasteiger partial charge < -0.3 is 0 Å². The first-order valence-corrected chi connectivity index (χ1v) is 7.83. The van der Waals surface area contributed by atoms with E-state index < -0.39 is 9.05 Å². The lowest BCUT2D eigenvalue weighted by Crippen LogP contribution is -1.90. The average Bonchev–Trinajstić information content (AvgIpc) is 2.69. The summed E-state index contributed by atoms with van der Waals surface area (Å²) in [5.41, 5.74) is 0.679. The lowest BCUT2D eigenvalue weighted by molar-refractivity contribution is 0.609. The van der Waals surface area contributed by atoms with Crippen LogP contribution in [0.25, 0.3) is 10.4 Å². The van der Waals surface area contributed by atoms with E-state index in [0.717, 1.165) is 4.88 Å². The van der Waals surface area contributed by atoms with Gasteiger partial charge in [0.05, 0.1) is 4.90 Å². The highest BCUT2D eigenvalue weighted by Crippen LogP contribution is 2.33. The molecule has 2 rings (SSSR count). The zero-order valence-electron chi connectivity index (χ0n) is 7.85. The van der Waals surface area contributed by atoms with Crippen LogP contribution in [0.4, 0.5) is 0 Å². The molecule has 0 aliphatic carbocycles. The van der Waals surface area contributed by atoms with Crippen molar-refractivity contribution in [3.8, 4) is 10.4 Å². The Morgan fingerprint density at radius 2 is 1.94 bits per heavy atom. The second kappa shape index (κ2) is 4.37. The van der Waals surface area contributed by atoms with E-state index in [1.54, 1.807) is 0 Å². The maximum atomic E-state index is 11.2. The molecule has 6 heteroatoms. The standard InChI is InChI=1S/C10H6Cl2O2S2/c11-9-4-3-7(16(12,13)14)6-8(9)10-2-1-5-15-10/h1-6H. The van der Waals surface area contributed by atoms with Gasteiger partial charge in [-0.15, -0.1) is 11.3 Å². The van der Waals surface area contributed by atoms with Gasteiger partial charge in [-0.25, -0.2) is 8.42 Å². The highest BCUT2D eigenvalue weighted by atomic mass is 35.7. The topological polar surface area (TPSA) is 34.1 Å². The minimum absolute atomic E-state index is 0.0574. The summed E-state index contributed by atoms with van der Waals surface area (Å²) in [6, 6.07) is 8.15. The van der Waals surface area contributed by atoms with Gasteiger partial charge >= 0.3 is 0 Å². The Bertz CT molecular complexity index is 604. The van der Waals surface area contributed by atoms with Crippen LogP contribution < -0.4 is 0 Å². The molecule has 0 aliphatic rings. The monoisotopic (exact) mass is 292 g/mol. The summed E-state index contributed by atoms with van der Waals surface area (Å²) in [4.78, 5) is 0.967. The Labute approximate surface area is 107 Å². The third kappa shape index (κ3) is 2.40. The molecule has 0 saturated heterocycles. The second-order valence-electron chi connectivity index (χ2n) is 3.06. The molecule has 0 aliphatic heterocycles. The molecule has 0 fully saturated rings. The van der Waals surface area contributed by atoms with Crippen molar-refractivity contribution in [1.82, 2.24) is 0 Å². The lowest BCUT2D eigenvalue weighted by Gasteiger charge is -2.03. The van der Waals surface area contributed by atoms with Crippen LogP contribution >= 0.6 is 33.6 Å². The van der Waals surface area contributed by atoms with Crippen molar-refractivity contribution in [2.75, 3.05) is 0 Å². The number of thiophene rings is 1. The first-order valence-electron chi connectivity index (χ1n) is 4.26. The van der Waals surface area contributed by atoms with Crippen molar-refractivity contribution < 1.29 is 8.42 Å². The normalized spacial score (nSPS) is 11.6. The summed E-state index contributed by atoms with van der Waals surface area (Å²) in [6.45, 7) is 0. The molecule has 0 N–H and O–H groups in total. The summed E-state index contributed by atoms with van der Waals surface area (Å²) in [7, 11) is 1.56. The molecule has 0 unspecified atom stereocenters. The van der Waals surface area contributed by atoms with Crippen molar-refractivity contribution in [1.29, 1.82) is 0 Å². The van der Waals surface area contributed by atoms with Crippen LogP contribution in [0.5, 0.6) is 0 Å². The molecule has 1 aromatic heterocycles. The van der Waals surface area contributed by atoms with E-state index in [4.69, 9.17) is 22.3 Å². The Morgan fingerprint density at radius 3 is 2.50 bits per heavy atom. The van der Waals surface area contributed by atoms with Crippen LogP contribution in [-0.2, 0) is 9.05 Å². The van der Waals surface area contributed by atoms with Crippen molar-refractivity contribution >= 4 is 42.7 Å². The van der Waals surface area contributed by atoms with Gasteiger partial charge in [-0.05, 0) is 29.6 Å². The molecule has 84 valence electrons. The fourth-order valence-electron chi connectivity index (χ4n) is 1.28. The van der Waals surface area contributed by atoms with E-state index in [1.807, 2.05) is 17.5 Å². The van der Waals surface area contributed by atoms with Crippen molar-refractivity contribution in [3.05, 3.63) is 40.7 Å². The summed E-state index contributed by atoms with van der Waals surface area (Å²) in [5, 5.41) is 2.40. The Hall–Kier alpha value is -0.550. The van der Waals surface area contributed by atoms with Gasteiger partial charge in [-0.1, -0.05) is 17.7 Å². The summed E-state index contributed by atoms with van der Waals surface area (Å²) >= 11 is 7.49. The van der Waals surface area contributed by atoms with Crippen LogP contribution in [-0.4, -0.2) is 8.42 Å². The number of rotatable bonds is 2. The number of benzene rings is 1. The van der Waals surface area contributed by atoms with Crippen LogP contribution in [0.3, 0.4) is 0 Å². The Balaban J connectivity index is 2.63. The molecule has 1 aromatic carbocycles. The van der Waals surface area contributed by atoms with E-state index in [2.05, 4.69) is 0 Å². The van der Waals surface area contributed by atoms with Gasteiger partial charge in [0.2, 0.25) is 0 Å². The molecular formula is C10H6Cl2O2S2. The van der Waals surface area contributed by atoms with Gasteiger partial charge in [-0.2, -0.15) is 0 Å². The van der Waals surface area contributed by atoms with E-state index in [9.17, 15) is 8.42 Å². The molecule has 0 atom stereocenters. The van der Waals surface area contributed by atoms with E-state index in [-0.39, 0.29) is 4.90 Å². The Kier molecular flexibility index (Phi) is 3.26. The Morgan fingerprint density at radius 1 is 1.19 bits per heavy atom. The van der Waals surface area contributed by atoms with Gasteiger partial charge in [0.15, 0.2) is 0 Å². The first kappa shape index (κ1) is 11.9. The van der Waals surface area contributed by atoms with E-state index in [0.29, 0.717) is 10.6 Å². The number of hydrogen-bond acceptors (Lipinski definition) is 3. The zero-order chi connectivity index (χ0) is 11.8. The fraction of sp³-hybridized carbons (Fsp3) is 0. The third-order valence-corrected chi connectivity index (χ3v) is 4.59. The smallest absolute Gasteiger partial charge is 0.207 e. The molecule has 2 nitrogen and oxygen atoms in total. The molecule has 1 heterocycles. The van der Waals surface area contributed by atoms with Crippen molar-refractivity contribution in [3.63, 3.8) is 0 Å². The quantitative estimate of drug-likeness (QED) is 0.784. The number of halogens is 2. The molecule has 2 aromatic rings. The van der Waals surface area contributed by atoms with Crippen molar-refractivity contribution in [2.24, 2.45) is 0 Å². The highest BCUT2D eigenvalue weighted by Gasteiger charge is 2.13. The maximum absolute atomic E-state index is 11.2. The highest BCUT2D eigenvalue weighted by molar-refractivity contribution is 8.13. The number of hydrogen-bond donors (Lipinski definition) is 0. The zero-order valence-corrected chi connectivity index (χ0v) is 11.0. The molecule has 0 amide bonds. The summed E-state index contributed by atoms with van der Waals surface area (Å²) in [5.74, 6) is 0. The second-order valence-corrected chi connectivity index (χ2v) is 6.98. The van der Waals surface area contributed by atoms with Crippen LogP contribution in [0, 0.1) is 0 Å². The fourth-order valence-corrected chi connectivity index (χ4v) is 3.09. The predicted molar refractivity (Wildman–Crippen MR) is 67.8 cm³/mol. The lowest BCUT2D eigenvalue weighted by atomic mass is 10.2. The molecule has 16 heavy (non-hydrogen) atoms. The summed E-state index contributed by atoms with van der Waals surface area (Å²) in [6.07, 6.45) is 0. The average molecular weight is 293 g/mol.